The van der Waals surface area contributed by atoms with Crippen molar-refractivity contribution in [3.63, 3.8) is 0 Å². The van der Waals surface area contributed by atoms with Gasteiger partial charge in [0, 0.05) is 17.1 Å². The maximum atomic E-state index is 11.7. The van der Waals surface area contributed by atoms with Gasteiger partial charge in [-0.15, -0.1) is 0 Å². The van der Waals surface area contributed by atoms with Crippen molar-refractivity contribution in [2.45, 2.75) is 14.7 Å². The molecule has 0 aliphatic carbocycles. The minimum atomic E-state index is -4.86. The Morgan fingerprint density at radius 2 is 1.32 bits per heavy atom. The molecule has 0 bridgehead atoms. The van der Waals surface area contributed by atoms with Crippen LogP contribution in [0.2, 0.25) is 5.28 Å². The summed E-state index contributed by atoms with van der Waals surface area (Å²) in [6.45, 7) is 0. The minimum absolute atomic E-state index is 0.209. The number of fused-ring (bicyclic) bond motifs is 1. The normalized spacial score (nSPS) is 12.4. The molecule has 0 aliphatic heterocycles. The summed E-state index contributed by atoms with van der Waals surface area (Å²) in [5.41, 5.74) is -0.264. The fourth-order valence-corrected chi connectivity index (χ4v) is 5.08. The average molecular weight is 604 g/mol. The molecule has 0 atom stereocenters. The largest absolute Gasteiger partial charge is 0.507 e. The maximum Gasteiger partial charge on any atom is 0.296 e. The van der Waals surface area contributed by atoms with Crippen LogP contribution < -0.4 is 10.6 Å². The Balaban J connectivity index is 1.73. The Bertz CT molecular complexity index is 1930. The van der Waals surface area contributed by atoms with Crippen molar-refractivity contribution in [2.24, 2.45) is 0 Å². The molecule has 0 radical (unpaired) electrons. The Kier molecular flexibility index (Phi) is 6.91. The molecule has 3 aromatic carbocycles. The summed E-state index contributed by atoms with van der Waals surface area (Å²) in [6, 6.07) is 8.48. The third kappa shape index (κ3) is 6.07. The number of hydrogen-bond donors (Lipinski definition) is 6. The van der Waals surface area contributed by atoms with Gasteiger partial charge in [0.25, 0.3) is 30.4 Å². The summed E-state index contributed by atoms with van der Waals surface area (Å²) in [4.78, 5) is 9.60. The molecule has 4 rings (SSSR count). The zero-order valence-corrected chi connectivity index (χ0v) is 21.5. The lowest BCUT2D eigenvalue weighted by Gasteiger charge is -2.12. The number of phenols is 1. The van der Waals surface area contributed by atoms with Crippen LogP contribution in [-0.2, 0) is 30.4 Å². The Labute approximate surface area is 219 Å². The number of rotatable bonds is 7. The SMILES string of the molecule is O=S(=O)(O)c1ccc(S(=O)(=O)O)c(Nc2nc(Cl)nc(Nc3ccc4c(O)cc(S(=O)(=O)O)cc4c3)n2)c1. The van der Waals surface area contributed by atoms with Crippen LogP contribution in [0.3, 0.4) is 0 Å². The number of aromatic hydroxyl groups is 1. The molecular formula is C19H14ClN5O10S3. The topological polar surface area (TPSA) is 246 Å². The van der Waals surface area contributed by atoms with Gasteiger partial charge in [0.1, 0.15) is 10.6 Å². The molecule has 15 nitrogen and oxygen atoms in total. The van der Waals surface area contributed by atoms with Crippen molar-refractivity contribution in [3.05, 3.63) is 53.8 Å². The highest BCUT2D eigenvalue weighted by Crippen LogP contribution is 2.32. The number of benzene rings is 3. The quantitative estimate of drug-likeness (QED) is 0.166. The highest BCUT2D eigenvalue weighted by molar-refractivity contribution is 7.86. The van der Waals surface area contributed by atoms with Gasteiger partial charge in [0.05, 0.1) is 15.5 Å². The highest BCUT2D eigenvalue weighted by atomic mass is 35.5. The van der Waals surface area contributed by atoms with E-state index in [-0.39, 0.29) is 22.4 Å². The van der Waals surface area contributed by atoms with E-state index in [4.69, 9.17) is 11.6 Å². The van der Waals surface area contributed by atoms with Crippen molar-refractivity contribution >= 4 is 76.0 Å². The van der Waals surface area contributed by atoms with E-state index in [1.54, 1.807) is 0 Å². The highest BCUT2D eigenvalue weighted by Gasteiger charge is 2.21. The number of nitrogens with zero attached hydrogens (tertiary/aromatic N) is 3. The van der Waals surface area contributed by atoms with E-state index in [0.717, 1.165) is 24.3 Å². The van der Waals surface area contributed by atoms with Crippen LogP contribution in [0.4, 0.5) is 23.3 Å². The van der Waals surface area contributed by atoms with Gasteiger partial charge in [-0.05, 0) is 59.5 Å². The molecule has 0 aliphatic rings. The first-order valence-electron chi connectivity index (χ1n) is 9.80. The van der Waals surface area contributed by atoms with Crippen LogP contribution in [0.5, 0.6) is 5.75 Å². The fraction of sp³-hybridized carbons (Fsp3) is 0. The Morgan fingerprint density at radius 3 is 1.92 bits per heavy atom. The molecule has 4 aromatic rings. The first-order chi connectivity index (χ1) is 17.5. The van der Waals surface area contributed by atoms with Crippen LogP contribution in [0.25, 0.3) is 10.8 Å². The van der Waals surface area contributed by atoms with Gasteiger partial charge in [-0.2, -0.15) is 40.2 Å². The smallest absolute Gasteiger partial charge is 0.296 e. The maximum absolute atomic E-state index is 11.7. The van der Waals surface area contributed by atoms with E-state index in [9.17, 15) is 44.0 Å². The summed E-state index contributed by atoms with van der Waals surface area (Å²) in [5, 5.41) is 15.3. The Hall–Kier alpha value is -3.65. The van der Waals surface area contributed by atoms with Gasteiger partial charge < -0.3 is 15.7 Å². The standard InChI is InChI=1S/C19H14ClN5O10S3/c20-17-23-18(21-10-1-3-13-9(5-10)6-12(8-15(13)26)37(30,31)32)25-19(24-17)22-14-7-11(36(27,28)29)2-4-16(14)38(33,34)35/h1-8,26H,(H,27,28,29)(H,30,31,32)(H,33,34,35)(H2,21,22,23,24,25). The van der Waals surface area contributed by atoms with E-state index in [1.165, 1.54) is 18.2 Å². The first-order valence-corrected chi connectivity index (χ1v) is 14.5. The monoisotopic (exact) mass is 603 g/mol. The lowest BCUT2D eigenvalue weighted by molar-refractivity contribution is 0.471. The average Bonchev–Trinajstić information content (AvgIpc) is 2.76. The molecule has 0 saturated heterocycles. The van der Waals surface area contributed by atoms with Crippen molar-refractivity contribution in [1.82, 2.24) is 15.0 Å². The van der Waals surface area contributed by atoms with E-state index in [1.807, 2.05) is 0 Å². The number of nitrogens with one attached hydrogen (secondary N) is 2. The van der Waals surface area contributed by atoms with Gasteiger partial charge in [-0.3, -0.25) is 13.7 Å². The molecule has 0 fully saturated rings. The van der Waals surface area contributed by atoms with Gasteiger partial charge in [-0.25, -0.2) is 0 Å². The second-order valence-electron chi connectivity index (χ2n) is 7.46. The zero-order chi connectivity index (χ0) is 28.0. The lowest BCUT2D eigenvalue weighted by Crippen LogP contribution is -2.09. The summed E-state index contributed by atoms with van der Waals surface area (Å²) >= 11 is 5.93. The molecular weight excluding hydrogens is 590 g/mol. The molecule has 38 heavy (non-hydrogen) atoms. The Morgan fingerprint density at radius 1 is 0.684 bits per heavy atom. The summed E-state index contributed by atoms with van der Waals surface area (Å²) in [6.07, 6.45) is 0. The number of anilines is 4. The first kappa shape index (κ1) is 27.4. The molecule has 0 saturated carbocycles. The molecule has 0 spiro atoms. The van der Waals surface area contributed by atoms with Crippen LogP contribution in [0, 0.1) is 0 Å². The van der Waals surface area contributed by atoms with Crippen LogP contribution >= 0.6 is 11.6 Å². The minimum Gasteiger partial charge on any atom is -0.507 e. The molecule has 200 valence electrons. The van der Waals surface area contributed by atoms with E-state index in [0.29, 0.717) is 6.07 Å². The van der Waals surface area contributed by atoms with E-state index < -0.39 is 67.7 Å². The van der Waals surface area contributed by atoms with E-state index in [2.05, 4.69) is 25.6 Å². The van der Waals surface area contributed by atoms with Gasteiger partial charge >= 0.3 is 0 Å². The third-order valence-electron chi connectivity index (χ3n) is 4.84. The third-order valence-corrected chi connectivity index (χ3v) is 7.60. The second kappa shape index (κ2) is 9.58. The summed E-state index contributed by atoms with van der Waals surface area (Å²) < 4.78 is 97.4. The number of hydrogen-bond acceptors (Lipinski definition) is 12. The zero-order valence-electron chi connectivity index (χ0n) is 18.3. The summed E-state index contributed by atoms with van der Waals surface area (Å²) in [7, 11) is -14.2. The molecule has 0 unspecified atom stereocenters. The van der Waals surface area contributed by atoms with Gasteiger partial charge in [0.15, 0.2) is 0 Å². The van der Waals surface area contributed by atoms with E-state index >= 15 is 0 Å². The fourth-order valence-electron chi connectivity index (χ4n) is 3.25. The van der Waals surface area contributed by atoms with Crippen molar-refractivity contribution in [2.75, 3.05) is 10.6 Å². The molecule has 6 N–H and O–H groups in total. The number of aromatic nitrogens is 3. The predicted octanol–water partition coefficient (Wildman–Crippen LogP) is 2.61. The van der Waals surface area contributed by atoms with Crippen molar-refractivity contribution in [1.29, 1.82) is 0 Å². The molecule has 0 amide bonds. The lowest BCUT2D eigenvalue weighted by atomic mass is 10.1. The van der Waals surface area contributed by atoms with Crippen molar-refractivity contribution < 1.29 is 44.0 Å². The van der Waals surface area contributed by atoms with Crippen LogP contribution in [-0.4, -0.2) is 59.0 Å². The number of halogens is 1. The van der Waals surface area contributed by atoms with Gasteiger partial charge in [0.2, 0.25) is 17.2 Å². The molecule has 1 aromatic heterocycles. The summed E-state index contributed by atoms with van der Waals surface area (Å²) in [5.74, 6) is -1.03. The molecule has 19 heteroatoms. The molecule has 1 heterocycles. The van der Waals surface area contributed by atoms with Gasteiger partial charge in [-0.1, -0.05) is 0 Å². The van der Waals surface area contributed by atoms with Crippen molar-refractivity contribution in [3.8, 4) is 5.75 Å². The predicted molar refractivity (Wildman–Crippen MR) is 133 cm³/mol. The number of phenolic OH excluding ortho intramolecular Hbond substituents is 1. The second-order valence-corrected chi connectivity index (χ2v) is 12.0. The van der Waals surface area contributed by atoms with Crippen LogP contribution in [0.15, 0.2) is 63.2 Å². The van der Waals surface area contributed by atoms with Crippen LogP contribution in [0.1, 0.15) is 0 Å².